The van der Waals surface area contributed by atoms with Crippen LogP contribution in [0.3, 0.4) is 0 Å². The summed E-state index contributed by atoms with van der Waals surface area (Å²) in [6.07, 6.45) is 2.62. The predicted molar refractivity (Wildman–Crippen MR) is 38.0 cm³/mol. The normalized spacial score (nSPS) is 10.0. The highest BCUT2D eigenvalue weighted by Crippen LogP contribution is 2.15. The Labute approximate surface area is 67.7 Å². The Bertz CT molecular complexity index is 371. The largest absolute Gasteiger partial charge is 0.464 e. The minimum absolute atomic E-state index is 0.303. The highest BCUT2D eigenvalue weighted by molar-refractivity contribution is 5.51. The zero-order chi connectivity index (χ0) is 8.39. The molecule has 0 aliphatic carbocycles. The molecule has 0 fully saturated rings. The third kappa shape index (κ3) is 1.12. The number of aromatic hydroxyl groups is 1. The predicted octanol–water partition coefficient (Wildman–Crippen LogP) is 0.637. The summed E-state index contributed by atoms with van der Waals surface area (Å²) in [5.41, 5.74) is 0.654. The summed E-state index contributed by atoms with van der Waals surface area (Å²) in [6.45, 7) is 0. The molecule has 0 unspecified atom stereocenters. The van der Waals surface area contributed by atoms with Crippen LogP contribution in [0.4, 0.5) is 0 Å². The molecule has 5 nitrogen and oxygen atoms in total. The van der Waals surface area contributed by atoms with E-state index < -0.39 is 6.08 Å². The monoisotopic (exact) mass is 162 g/mol. The van der Waals surface area contributed by atoms with Crippen molar-refractivity contribution in [2.75, 3.05) is 0 Å². The second-order valence-corrected chi connectivity index (χ2v) is 2.07. The minimum atomic E-state index is -0.450. The van der Waals surface area contributed by atoms with E-state index in [4.69, 9.17) is 5.11 Å². The smallest absolute Gasteiger partial charge is 0.415 e. The van der Waals surface area contributed by atoms with Gasteiger partial charge in [0.15, 0.2) is 0 Å². The zero-order valence-electron chi connectivity index (χ0n) is 5.93. The van der Waals surface area contributed by atoms with Crippen molar-refractivity contribution >= 4 is 0 Å². The van der Waals surface area contributed by atoms with E-state index in [2.05, 4.69) is 25.7 Å². The number of hydrogen-bond acceptors (Lipinski definition) is 5. The average molecular weight is 162 g/mol. The maximum absolute atomic E-state index is 8.74. The molecule has 0 aliphatic heterocycles. The molecule has 1 N–H and O–H groups in total. The second-order valence-electron chi connectivity index (χ2n) is 2.07. The van der Waals surface area contributed by atoms with Crippen molar-refractivity contribution in [2.45, 2.75) is 0 Å². The van der Waals surface area contributed by atoms with Crippen molar-refractivity contribution in [3.63, 3.8) is 0 Å². The first-order valence-corrected chi connectivity index (χ1v) is 3.20. The molecule has 2 heterocycles. The molecule has 12 heavy (non-hydrogen) atoms. The maximum Gasteiger partial charge on any atom is 0.415 e. The van der Waals surface area contributed by atoms with Crippen molar-refractivity contribution in [3.05, 3.63) is 24.5 Å². The SMILES string of the molecule is Oc1nc(-c2c[c]cnc2)no1. The van der Waals surface area contributed by atoms with Crippen LogP contribution in [0.2, 0.25) is 0 Å². The lowest BCUT2D eigenvalue weighted by atomic mass is 10.3. The van der Waals surface area contributed by atoms with Gasteiger partial charge in [0, 0.05) is 24.0 Å². The molecule has 59 valence electrons. The molecular weight excluding hydrogens is 158 g/mol. The number of aromatic nitrogens is 3. The van der Waals surface area contributed by atoms with E-state index in [9.17, 15) is 0 Å². The van der Waals surface area contributed by atoms with Crippen LogP contribution in [0, 0.1) is 6.07 Å². The topological polar surface area (TPSA) is 72.0 Å². The molecule has 5 heteroatoms. The Balaban J connectivity index is 2.45. The highest BCUT2D eigenvalue weighted by Gasteiger charge is 2.05. The summed E-state index contributed by atoms with van der Waals surface area (Å²) in [7, 11) is 0. The van der Waals surface area contributed by atoms with E-state index in [1.807, 2.05) is 0 Å². The fourth-order valence-electron chi connectivity index (χ4n) is 0.780. The lowest BCUT2D eigenvalue weighted by Crippen LogP contribution is -1.80. The molecule has 2 rings (SSSR count). The van der Waals surface area contributed by atoms with Crippen LogP contribution in [0.1, 0.15) is 0 Å². The molecule has 0 atom stereocenters. The molecule has 2 aromatic rings. The number of rotatable bonds is 1. The fourth-order valence-corrected chi connectivity index (χ4v) is 0.780. The molecule has 0 saturated heterocycles. The molecule has 1 radical (unpaired) electrons. The van der Waals surface area contributed by atoms with Gasteiger partial charge in [0.2, 0.25) is 5.82 Å². The Morgan fingerprint density at radius 3 is 3.00 bits per heavy atom. The van der Waals surface area contributed by atoms with E-state index in [-0.39, 0.29) is 0 Å². The second kappa shape index (κ2) is 2.61. The minimum Gasteiger partial charge on any atom is -0.464 e. The first kappa shape index (κ1) is 6.78. The van der Waals surface area contributed by atoms with Crippen LogP contribution in [0.15, 0.2) is 23.0 Å². The van der Waals surface area contributed by atoms with Crippen LogP contribution in [0.5, 0.6) is 6.08 Å². The molecule has 0 amide bonds. The van der Waals surface area contributed by atoms with E-state index in [1.165, 1.54) is 6.20 Å². The third-order valence-electron chi connectivity index (χ3n) is 1.28. The fraction of sp³-hybridized carbons (Fsp3) is 0. The van der Waals surface area contributed by atoms with Gasteiger partial charge < -0.3 is 5.11 Å². The van der Waals surface area contributed by atoms with Gasteiger partial charge >= 0.3 is 6.08 Å². The van der Waals surface area contributed by atoms with Crippen molar-refractivity contribution in [2.24, 2.45) is 0 Å². The summed E-state index contributed by atoms with van der Waals surface area (Å²) in [4.78, 5) is 7.41. The molecule has 0 aliphatic rings. The Morgan fingerprint density at radius 1 is 1.50 bits per heavy atom. The molecule has 0 bridgehead atoms. The molecular formula is C7H4N3O2. The summed E-state index contributed by atoms with van der Waals surface area (Å²) in [5.74, 6) is 0.303. The lowest BCUT2D eigenvalue weighted by Gasteiger charge is -1.88. The lowest BCUT2D eigenvalue weighted by molar-refractivity contribution is 0.267. The zero-order valence-corrected chi connectivity index (χ0v) is 5.93. The van der Waals surface area contributed by atoms with Crippen LogP contribution in [-0.4, -0.2) is 20.2 Å². The van der Waals surface area contributed by atoms with Gasteiger partial charge in [0.25, 0.3) is 0 Å². The van der Waals surface area contributed by atoms with Gasteiger partial charge in [-0.15, -0.1) is 0 Å². The average Bonchev–Trinajstić information content (AvgIpc) is 2.54. The van der Waals surface area contributed by atoms with Gasteiger partial charge in [0.1, 0.15) is 0 Å². The van der Waals surface area contributed by atoms with E-state index in [1.54, 1.807) is 12.3 Å². The van der Waals surface area contributed by atoms with E-state index in [0.29, 0.717) is 11.4 Å². The van der Waals surface area contributed by atoms with Crippen molar-refractivity contribution in [3.8, 4) is 17.5 Å². The summed E-state index contributed by atoms with van der Waals surface area (Å²) >= 11 is 0. The summed E-state index contributed by atoms with van der Waals surface area (Å²) in [6, 6.07) is 4.40. The quantitative estimate of drug-likeness (QED) is 0.666. The Kier molecular flexibility index (Phi) is 1.48. The maximum atomic E-state index is 8.74. The molecule has 0 saturated carbocycles. The van der Waals surface area contributed by atoms with E-state index >= 15 is 0 Å². The van der Waals surface area contributed by atoms with Gasteiger partial charge in [-0.25, -0.2) is 0 Å². The van der Waals surface area contributed by atoms with Gasteiger partial charge in [-0.2, -0.15) is 4.98 Å². The summed E-state index contributed by atoms with van der Waals surface area (Å²) < 4.78 is 4.37. The third-order valence-corrected chi connectivity index (χ3v) is 1.28. The molecule has 0 spiro atoms. The Morgan fingerprint density at radius 2 is 2.42 bits per heavy atom. The summed E-state index contributed by atoms with van der Waals surface area (Å²) in [5, 5.41) is 12.2. The van der Waals surface area contributed by atoms with Crippen LogP contribution < -0.4 is 0 Å². The molecule has 0 aromatic carbocycles. The number of nitrogens with zero attached hydrogens (tertiary/aromatic N) is 3. The van der Waals surface area contributed by atoms with Crippen molar-refractivity contribution in [1.82, 2.24) is 15.1 Å². The van der Waals surface area contributed by atoms with Crippen LogP contribution in [0.25, 0.3) is 11.4 Å². The van der Waals surface area contributed by atoms with Gasteiger partial charge in [0.05, 0.1) is 0 Å². The number of pyridine rings is 1. The van der Waals surface area contributed by atoms with Gasteiger partial charge in [-0.05, 0) is 6.07 Å². The van der Waals surface area contributed by atoms with Gasteiger partial charge in [-0.1, -0.05) is 5.16 Å². The van der Waals surface area contributed by atoms with Gasteiger partial charge in [-0.3, -0.25) is 9.51 Å². The standard InChI is InChI=1S/C7H4N3O2/c11-7-9-6(10-12-7)5-2-1-3-8-4-5/h2-4H,(H,9,10,11). The van der Waals surface area contributed by atoms with Crippen LogP contribution >= 0.6 is 0 Å². The number of hydrogen-bond donors (Lipinski definition) is 1. The van der Waals surface area contributed by atoms with E-state index in [0.717, 1.165) is 0 Å². The van der Waals surface area contributed by atoms with Crippen LogP contribution in [-0.2, 0) is 0 Å². The van der Waals surface area contributed by atoms with Crippen molar-refractivity contribution in [1.29, 1.82) is 0 Å². The first-order chi connectivity index (χ1) is 5.86. The van der Waals surface area contributed by atoms with Crippen molar-refractivity contribution < 1.29 is 9.63 Å². The highest BCUT2D eigenvalue weighted by atomic mass is 16.6. The first-order valence-electron chi connectivity index (χ1n) is 3.20. The molecule has 2 aromatic heterocycles. The Hall–Kier alpha value is -1.91.